The van der Waals surface area contributed by atoms with E-state index in [-0.39, 0.29) is 17.5 Å². The van der Waals surface area contributed by atoms with Crippen LogP contribution in [0.3, 0.4) is 0 Å². The average molecular weight is 383 g/mol. The van der Waals surface area contributed by atoms with Crippen LogP contribution >= 0.6 is 11.3 Å². The van der Waals surface area contributed by atoms with Gasteiger partial charge in [0.2, 0.25) is 5.91 Å². The fourth-order valence-corrected chi connectivity index (χ4v) is 5.08. The summed E-state index contributed by atoms with van der Waals surface area (Å²) in [5, 5.41) is 8.69. The van der Waals surface area contributed by atoms with Gasteiger partial charge in [0, 0.05) is 44.3 Å². The van der Waals surface area contributed by atoms with E-state index in [0.717, 1.165) is 11.6 Å². The van der Waals surface area contributed by atoms with Gasteiger partial charge in [-0.05, 0) is 12.0 Å². The zero-order valence-corrected chi connectivity index (χ0v) is 15.7. The molecule has 0 atom stereocenters. The molecule has 1 spiro atoms. The molecule has 3 fully saturated rings. The van der Waals surface area contributed by atoms with Crippen LogP contribution in [0.4, 0.5) is 9.93 Å². The maximum Gasteiger partial charge on any atom is 0.315 e. The molecule has 3 saturated heterocycles. The maximum atomic E-state index is 13.4. The molecular formula is C19H21N5O2S. The van der Waals surface area contributed by atoms with Gasteiger partial charge in [-0.3, -0.25) is 4.79 Å². The number of carbonyl (C=O) groups is 2. The van der Waals surface area contributed by atoms with Crippen molar-refractivity contribution in [1.29, 1.82) is 0 Å². The Bertz CT molecular complexity index is 857. The highest BCUT2D eigenvalue weighted by Gasteiger charge is 2.57. The summed E-state index contributed by atoms with van der Waals surface area (Å²) in [4.78, 5) is 33.3. The number of hydrogen-bond acceptors (Lipinski definition) is 5. The third-order valence-electron chi connectivity index (χ3n) is 5.76. The zero-order chi connectivity index (χ0) is 18.5. The van der Waals surface area contributed by atoms with Gasteiger partial charge in [-0.15, -0.1) is 11.3 Å². The number of amides is 3. The quantitative estimate of drug-likeness (QED) is 0.829. The van der Waals surface area contributed by atoms with Crippen molar-refractivity contribution < 1.29 is 9.59 Å². The number of likely N-dealkylation sites (tertiary alicyclic amines) is 1. The van der Waals surface area contributed by atoms with Crippen LogP contribution in [0.2, 0.25) is 0 Å². The number of aromatic nitrogens is 1. The average Bonchev–Trinajstić information content (AvgIpc) is 3.26. The summed E-state index contributed by atoms with van der Waals surface area (Å²) in [6, 6.07) is 10.1. The third kappa shape index (κ3) is 2.75. The molecule has 1 aromatic carbocycles. The van der Waals surface area contributed by atoms with Gasteiger partial charge < -0.3 is 20.4 Å². The van der Waals surface area contributed by atoms with Gasteiger partial charge in [0.05, 0.1) is 11.0 Å². The van der Waals surface area contributed by atoms with Crippen molar-refractivity contribution in [2.45, 2.75) is 12.0 Å². The van der Waals surface area contributed by atoms with E-state index in [1.54, 1.807) is 17.5 Å². The van der Waals surface area contributed by atoms with E-state index in [0.29, 0.717) is 32.7 Å². The lowest BCUT2D eigenvalue weighted by Gasteiger charge is -2.55. The molecule has 3 aliphatic rings. The number of thiazole rings is 1. The van der Waals surface area contributed by atoms with Crippen LogP contribution in [0.25, 0.3) is 0 Å². The highest BCUT2D eigenvalue weighted by molar-refractivity contribution is 7.13. The number of anilines is 1. The number of benzene rings is 1. The Hall–Kier alpha value is -2.61. The van der Waals surface area contributed by atoms with Crippen molar-refractivity contribution in [3.8, 4) is 0 Å². The van der Waals surface area contributed by atoms with Gasteiger partial charge >= 0.3 is 6.03 Å². The molecule has 3 aliphatic heterocycles. The highest BCUT2D eigenvalue weighted by Crippen LogP contribution is 2.41. The molecule has 4 heterocycles. The summed E-state index contributed by atoms with van der Waals surface area (Å²) < 4.78 is 0. The van der Waals surface area contributed by atoms with Crippen LogP contribution in [0.1, 0.15) is 5.56 Å². The fraction of sp³-hybridized carbons (Fsp3) is 0.421. The summed E-state index contributed by atoms with van der Waals surface area (Å²) in [6.45, 7) is 3.12. The van der Waals surface area contributed by atoms with Gasteiger partial charge in [-0.25, -0.2) is 9.78 Å². The van der Waals surface area contributed by atoms with Gasteiger partial charge in [-0.2, -0.15) is 0 Å². The van der Waals surface area contributed by atoms with Crippen molar-refractivity contribution in [2.75, 3.05) is 37.6 Å². The minimum atomic E-state index is -0.426. The van der Waals surface area contributed by atoms with Crippen molar-refractivity contribution in [3.05, 3.63) is 47.5 Å². The van der Waals surface area contributed by atoms with E-state index in [1.807, 2.05) is 28.5 Å². The van der Waals surface area contributed by atoms with Crippen molar-refractivity contribution >= 4 is 28.4 Å². The zero-order valence-electron chi connectivity index (χ0n) is 14.9. The van der Waals surface area contributed by atoms with E-state index >= 15 is 0 Å². The van der Waals surface area contributed by atoms with Gasteiger partial charge in [0.25, 0.3) is 0 Å². The number of hydrogen-bond donors (Lipinski definition) is 2. The molecule has 2 N–H and O–H groups in total. The first-order valence-electron chi connectivity index (χ1n) is 9.11. The van der Waals surface area contributed by atoms with Gasteiger partial charge in [-0.1, -0.05) is 30.3 Å². The van der Waals surface area contributed by atoms with E-state index in [4.69, 9.17) is 0 Å². The molecule has 1 aromatic heterocycles. The molecule has 0 aliphatic carbocycles. The van der Waals surface area contributed by atoms with Crippen LogP contribution in [0, 0.1) is 5.41 Å². The monoisotopic (exact) mass is 383 g/mol. The lowest BCUT2D eigenvalue weighted by atomic mass is 9.72. The van der Waals surface area contributed by atoms with Gasteiger partial charge in [0.1, 0.15) is 0 Å². The predicted octanol–water partition coefficient (Wildman–Crippen LogP) is 1.09. The highest BCUT2D eigenvalue weighted by atomic mass is 32.1. The molecule has 7 nitrogen and oxygen atoms in total. The molecule has 2 aromatic rings. The second-order valence-corrected chi connectivity index (χ2v) is 8.74. The summed E-state index contributed by atoms with van der Waals surface area (Å²) in [6.07, 6.45) is 2.52. The number of nitrogens with one attached hydrogen (secondary N) is 2. The Morgan fingerprint density at radius 1 is 1.19 bits per heavy atom. The van der Waals surface area contributed by atoms with Crippen LogP contribution in [-0.4, -0.2) is 60.1 Å². The molecule has 8 heteroatoms. The molecule has 27 heavy (non-hydrogen) atoms. The molecule has 5 rings (SSSR count). The Kier molecular flexibility index (Phi) is 3.65. The smallest absolute Gasteiger partial charge is 0.315 e. The molecular weight excluding hydrogens is 362 g/mol. The molecule has 0 radical (unpaired) electrons. The van der Waals surface area contributed by atoms with E-state index in [2.05, 4.69) is 32.7 Å². The summed E-state index contributed by atoms with van der Waals surface area (Å²) in [5.74, 6) is 0.186. The molecule has 140 valence electrons. The van der Waals surface area contributed by atoms with Crippen LogP contribution in [0.15, 0.2) is 41.9 Å². The van der Waals surface area contributed by atoms with E-state index in [1.165, 1.54) is 5.56 Å². The Balaban J connectivity index is 1.33. The van der Waals surface area contributed by atoms with E-state index in [9.17, 15) is 9.59 Å². The summed E-state index contributed by atoms with van der Waals surface area (Å²) in [7, 11) is 0. The first-order chi connectivity index (χ1) is 13.1. The topological polar surface area (TPSA) is 77.6 Å². The SMILES string of the molecule is O=C1NCC2(CN(C(=O)C3(Cc4ccccc4)CN(c4nccs4)C3)C2)N1. The minimum Gasteiger partial charge on any atom is -0.346 e. The first kappa shape index (κ1) is 16.6. The second kappa shape index (κ2) is 5.95. The van der Waals surface area contributed by atoms with Crippen molar-refractivity contribution in [1.82, 2.24) is 20.5 Å². The number of urea groups is 1. The standard InChI is InChI=1S/C19H21N5O2S/c25-15(23-12-19(13-23)9-21-16(26)22-19)18(8-14-4-2-1-3-5-14)10-24(11-18)17-20-6-7-27-17/h1-7H,8-13H2,(H2,21,22,26). The van der Waals surface area contributed by atoms with Crippen LogP contribution in [0.5, 0.6) is 0 Å². The van der Waals surface area contributed by atoms with Crippen molar-refractivity contribution in [2.24, 2.45) is 5.41 Å². The Labute approximate surface area is 161 Å². The van der Waals surface area contributed by atoms with E-state index < -0.39 is 5.41 Å². The minimum absolute atomic E-state index is 0.139. The number of rotatable bonds is 4. The lowest BCUT2D eigenvalue weighted by Crippen LogP contribution is -2.75. The van der Waals surface area contributed by atoms with Gasteiger partial charge in [0.15, 0.2) is 5.13 Å². The van der Waals surface area contributed by atoms with Crippen molar-refractivity contribution in [3.63, 3.8) is 0 Å². The largest absolute Gasteiger partial charge is 0.346 e. The number of carbonyl (C=O) groups excluding carboxylic acids is 2. The van der Waals surface area contributed by atoms with Crippen LogP contribution < -0.4 is 15.5 Å². The number of nitrogens with zero attached hydrogens (tertiary/aromatic N) is 3. The third-order valence-corrected chi connectivity index (χ3v) is 6.59. The second-order valence-electron chi connectivity index (χ2n) is 7.86. The lowest BCUT2D eigenvalue weighted by molar-refractivity contribution is -0.152. The summed E-state index contributed by atoms with van der Waals surface area (Å²) in [5.41, 5.74) is 0.472. The fourth-order valence-electron chi connectivity index (χ4n) is 4.43. The molecule has 3 amide bonds. The summed E-state index contributed by atoms with van der Waals surface area (Å²) >= 11 is 1.60. The molecule has 0 unspecified atom stereocenters. The Morgan fingerprint density at radius 3 is 2.59 bits per heavy atom. The first-order valence-corrected chi connectivity index (χ1v) is 9.99. The maximum absolute atomic E-state index is 13.4. The van der Waals surface area contributed by atoms with Crippen LogP contribution in [-0.2, 0) is 11.2 Å². The normalized spacial score (nSPS) is 22.0. The Morgan fingerprint density at radius 2 is 1.96 bits per heavy atom. The molecule has 0 bridgehead atoms. The predicted molar refractivity (Wildman–Crippen MR) is 103 cm³/mol. The molecule has 0 saturated carbocycles.